The minimum Gasteiger partial charge on any atom is -0.480 e. The van der Waals surface area contributed by atoms with Gasteiger partial charge in [-0.2, -0.15) is 0 Å². The summed E-state index contributed by atoms with van der Waals surface area (Å²) in [7, 11) is 0. The summed E-state index contributed by atoms with van der Waals surface area (Å²) in [6.45, 7) is 0. The summed E-state index contributed by atoms with van der Waals surface area (Å²) < 4.78 is 13.5. The molecule has 0 spiro atoms. The number of carboxylic acid groups (broad SMARTS) is 1. The first-order chi connectivity index (χ1) is 13.0. The molecule has 0 fully saturated rings. The molecule has 0 aliphatic rings. The molecule has 4 nitrogen and oxygen atoms in total. The topological polar surface area (TPSA) is 66.4 Å². The highest BCUT2D eigenvalue weighted by molar-refractivity contribution is 8.90. The van der Waals surface area contributed by atoms with Crippen LogP contribution < -0.4 is 5.32 Å². The fraction of sp³-hybridized carbons (Fsp3) is 0.316. The first-order valence-corrected chi connectivity index (χ1v) is 14.1. The lowest BCUT2D eigenvalue weighted by Crippen LogP contribution is -2.37. The Morgan fingerprint density at radius 1 is 1.00 bits per heavy atom. The van der Waals surface area contributed by atoms with Gasteiger partial charge in [0.2, 0.25) is 5.55 Å². The van der Waals surface area contributed by atoms with Crippen molar-refractivity contribution in [2.75, 3.05) is 12.2 Å². The zero-order valence-corrected chi connectivity index (χ0v) is 18.1. The van der Waals surface area contributed by atoms with Gasteiger partial charge in [-0.15, -0.1) is 11.6 Å². The minimum atomic E-state index is -2.75. The van der Waals surface area contributed by atoms with Gasteiger partial charge in [0.15, 0.2) is 0 Å². The average molecular weight is 444 g/mol. The maximum absolute atomic E-state index is 13.5. The summed E-state index contributed by atoms with van der Waals surface area (Å²) in [5.74, 6) is 0.509. The van der Waals surface area contributed by atoms with Crippen LogP contribution in [0, 0.1) is 0 Å². The molecule has 2 rings (SSSR count). The van der Waals surface area contributed by atoms with Gasteiger partial charge in [0.05, 0.1) is 6.29 Å². The number of nitrogens with one attached hydrogen (secondary N) is 1. The molecule has 0 aromatic heterocycles. The molecule has 0 radical (unpaired) electrons. The SMILES string of the molecule is O=C(O)C(CCCl)NCP(=O)(SCc1ccccc1)SCc1ccccc1. The van der Waals surface area contributed by atoms with Crippen molar-refractivity contribution in [3.05, 3.63) is 71.8 Å². The van der Waals surface area contributed by atoms with Crippen molar-refractivity contribution in [1.29, 1.82) is 0 Å². The number of hydrogen-bond donors (Lipinski definition) is 2. The van der Waals surface area contributed by atoms with Crippen molar-refractivity contribution in [3.63, 3.8) is 0 Å². The lowest BCUT2D eigenvalue weighted by molar-refractivity contribution is -0.139. The number of hydrogen-bond acceptors (Lipinski definition) is 5. The second-order valence-electron chi connectivity index (χ2n) is 5.86. The molecular weight excluding hydrogens is 421 g/mol. The van der Waals surface area contributed by atoms with Crippen LogP contribution in [0.25, 0.3) is 0 Å². The standard InChI is InChI=1S/C19H23ClNO3PS2/c20-12-11-18(19(22)23)21-15-25(24,26-13-16-7-3-1-4-8-16)27-14-17-9-5-2-6-10-17/h1-10,18,21H,11-15H2,(H,22,23). The number of aliphatic carboxylic acids is 1. The monoisotopic (exact) mass is 443 g/mol. The highest BCUT2D eigenvalue weighted by Crippen LogP contribution is 2.69. The Hall–Kier alpha value is -0.910. The number of carboxylic acids is 1. The van der Waals surface area contributed by atoms with Crippen LogP contribution in [0.4, 0.5) is 0 Å². The maximum atomic E-state index is 13.5. The summed E-state index contributed by atoms with van der Waals surface area (Å²) >= 11 is 8.49. The first-order valence-electron chi connectivity index (χ1n) is 8.50. The number of carbonyl (C=O) groups is 1. The molecule has 0 amide bonds. The van der Waals surface area contributed by atoms with Gasteiger partial charge in [0.25, 0.3) is 0 Å². The van der Waals surface area contributed by atoms with Crippen molar-refractivity contribution in [3.8, 4) is 0 Å². The molecule has 0 saturated heterocycles. The van der Waals surface area contributed by atoms with E-state index in [0.717, 1.165) is 11.1 Å². The van der Waals surface area contributed by atoms with Crippen LogP contribution in [-0.4, -0.2) is 29.3 Å². The maximum Gasteiger partial charge on any atom is 0.320 e. The van der Waals surface area contributed by atoms with E-state index in [2.05, 4.69) is 5.32 Å². The van der Waals surface area contributed by atoms with Gasteiger partial charge in [0, 0.05) is 17.4 Å². The highest BCUT2D eigenvalue weighted by Gasteiger charge is 2.27. The molecule has 2 aromatic carbocycles. The Bertz CT molecular complexity index is 702. The number of benzene rings is 2. The van der Waals surface area contributed by atoms with E-state index in [4.69, 9.17) is 11.6 Å². The van der Waals surface area contributed by atoms with E-state index in [1.165, 1.54) is 22.8 Å². The smallest absolute Gasteiger partial charge is 0.320 e. The fourth-order valence-corrected chi connectivity index (χ4v) is 9.18. The summed E-state index contributed by atoms with van der Waals surface area (Å²) in [5.41, 5.74) is -0.560. The normalized spacial score (nSPS) is 12.6. The molecule has 146 valence electrons. The third kappa shape index (κ3) is 8.32. The van der Waals surface area contributed by atoms with Crippen molar-refractivity contribution in [2.24, 2.45) is 0 Å². The van der Waals surface area contributed by atoms with E-state index < -0.39 is 17.6 Å². The van der Waals surface area contributed by atoms with Gasteiger partial charge in [-0.3, -0.25) is 14.7 Å². The molecule has 2 aromatic rings. The van der Waals surface area contributed by atoms with Crippen molar-refractivity contribution in [2.45, 2.75) is 24.0 Å². The minimum absolute atomic E-state index is 0.149. The number of halogens is 1. The number of rotatable bonds is 12. The van der Waals surface area contributed by atoms with E-state index >= 15 is 0 Å². The van der Waals surface area contributed by atoms with E-state index in [1.807, 2.05) is 60.7 Å². The van der Waals surface area contributed by atoms with E-state index in [0.29, 0.717) is 17.9 Å². The zero-order chi connectivity index (χ0) is 19.5. The van der Waals surface area contributed by atoms with Gasteiger partial charge >= 0.3 is 5.97 Å². The predicted molar refractivity (Wildman–Crippen MR) is 118 cm³/mol. The van der Waals surface area contributed by atoms with Gasteiger partial charge in [-0.05, 0) is 17.5 Å². The van der Waals surface area contributed by atoms with Crippen LogP contribution in [0.3, 0.4) is 0 Å². The van der Waals surface area contributed by atoms with Crippen LogP contribution in [0.5, 0.6) is 0 Å². The summed E-state index contributed by atoms with van der Waals surface area (Å²) in [4.78, 5) is 11.3. The van der Waals surface area contributed by atoms with Gasteiger partial charge in [0.1, 0.15) is 6.04 Å². The largest absolute Gasteiger partial charge is 0.480 e. The molecular formula is C19H23ClNO3PS2. The molecule has 1 atom stereocenters. The summed E-state index contributed by atoms with van der Waals surface area (Å²) in [6.07, 6.45) is 0.444. The van der Waals surface area contributed by atoms with Crippen LogP contribution in [0.1, 0.15) is 17.5 Å². The van der Waals surface area contributed by atoms with Crippen LogP contribution in [0.15, 0.2) is 60.7 Å². The summed E-state index contributed by atoms with van der Waals surface area (Å²) in [5, 5.41) is 12.2. The second kappa shape index (κ2) is 11.8. The van der Waals surface area contributed by atoms with Crippen molar-refractivity contribution < 1.29 is 14.5 Å². The third-order valence-corrected chi connectivity index (χ3v) is 12.1. The highest BCUT2D eigenvalue weighted by atomic mass is 35.5. The van der Waals surface area contributed by atoms with Crippen LogP contribution >= 0.6 is 39.9 Å². The Morgan fingerprint density at radius 3 is 1.89 bits per heavy atom. The number of alkyl halides is 1. The van der Waals surface area contributed by atoms with Crippen LogP contribution in [0.2, 0.25) is 0 Å². The van der Waals surface area contributed by atoms with Crippen molar-refractivity contribution >= 4 is 45.9 Å². The van der Waals surface area contributed by atoms with Gasteiger partial charge < -0.3 is 5.11 Å². The molecule has 27 heavy (non-hydrogen) atoms. The molecule has 0 saturated carbocycles. The molecule has 0 heterocycles. The molecule has 0 bridgehead atoms. The van der Waals surface area contributed by atoms with E-state index in [9.17, 15) is 14.5 Å². The first kappa shape index (κ1) is 22.4. The lowest BCUT2D eigenvalue weighted by atomic mass is 10.2. The summed E-state index contributed by atoms with van der Waals surface area (Å²) in [6, 6.07) is 18.9. The average Bonchev–Trinajstić information content (AvgIpc) is 2.70. The van der Waals surface area contributed by atoms with E-state index in [-0.39, 0.29) is 12.2 Å². The Kier molecular flexibility index (Phi) is 9.80. The molecule has 0 aliphatic carbocycles. The lowest BCUT2D eigenvalue weighted by Gasteiger charge is -2.20. The quantitative estimate of drug-likeness (QED) is 0.325. The molecule has 0 aliphatic heterocycles. The van der Waals surface area contributed by atoms with Crippen molar-refractivity contribution in [1.82, 2.24) is 5.32 Å². The Labute approximate surface area is 173 Å². The predicted octanol–water partition coefficient (Wildman–Crippen LogP) is 5.68. The Balaban J connectivity index is 2.03. The third-order valence-electron chi connectivity index (χ3n) is 3.77. The van der Waals surface area contributed by atoms with Gasteiger partial charge in [-0.25, -0.2) is 0 Å². The van der Waals surface area contributed by atoms with Gasteiger partial charge in [-0.1, -0.05) is 83.4 Å². The second-order valence-corrected chi connectivity index (χ2v) is 14.7. The van der Waals surface area contributed by atoms with E-state index in [1.54, 1.807) is 0 Å². The molecule has 2 N–H and O–H groups in total. The van der Waals surface area contributed by atoms with Crippen LogP contribution in [-0.2, 0) is 20.9 Å². The Morgan fingerprint density at radius 2 is 1.48 bits per heavy atom. The molecule has 8 heteroatoms. The zero-order valence-electron chi connectivity index (χ0n) is 14.8. The fourth-order valence-electron chi connectivity index (χ4n) is 2.27. The molecule has 1 unspecified atom stereocenters.